The second kappa shape index (κ2) is 3.00. The molecule has 1 aromatic rings. The summed E-state index contributed by atoms with van der Waals surface area (Å²) in [5, 5.41) is 0. The molecule has 0 radical (unpaired) electrons. The minimum Gasteiger partial charge on any atom is -0.481 e. The molecule has 0 atom stereocenters. The van der Waals surface area contributed by atoms with Crippen molar-refractivity contribution >= 4 is 22.6 Å². The van der Waals surface area contributed by atoms with Gasteiger partial charge in [-0.2, -0.15) is 0 Å². The van der Waals surface area contributed by atoms with Crippen molar-refractivity contribution < 1.29 is 8.85 Å². The van der Waals surface area contributed by atoms with Gasteiger partial charge in [-0.1, -0.05) is 0 Å². The molecule has 0 fully saturated rings. The van der Waals surface area contributed by atoms with E-state index in [2.05, 4.69) is 32.3 Å². The molecule has 48 valence electrons. The molecule has 0 aliphatic heterocycles. The van der Waals surface area contributed by atoms with Gasteiger partial charge in [-0.25, -0.2) is 4.98 Å². The van der Waals surface area contributed by atoms with Crippen LogP contribution in [0.1, 0.15) is 4.11 Å². The number of hydrogen-bond acceptors (Lipinski definition) is 2. The van der Waals surface area contributed by atoms with Crippen LogP contribution in [0.2, 0.25) is 0 Å². The van der Waals surface area contributed by atoms with Gasteiger partial charge in [0.25, 0.3) is 0 Å². The van der Waals surface area contributed by atoms with Crippen molar-refractivity contribution in [1.29, 1.82) is 0 Å². The summed E-state index contributed by atoms with van der Waals surface area (Å²) < 4.78 is 25.9. The predicted octanol–water partition coefficient (Wildman–Crippen LogP) is 1.69. The molecule has 0 amide bonds. The van der Waals surface area contributed by atoms with Crippen LogP contribution in [0.5, 0.6) is 5.88 Å². The third-order valence-corrected chi connectivity index (χ3v) is 1.47. The van der Waals surface area contributed by atoms with E-state index in [0.717, 1.165) is 3.57 Å². The summed E-state index contributed by atoms with van der Waals surface area (Å²) in [7, 11) is -2.42. The van der Waals surface area contributed by atoms with Crippen LogP contribution in [-0.4, -0.2) is 12.0 Å². The Morgan fingerprint density at radius 1 is 1.89 bits per heavy atom. The van der Waals surface area contributed by atoms with Crippen LogP contribution in [0.3, 0.4) is 0 Å². The Kier molecular flexibility index (Phi) is 1.25. The summed E-state index contributed by atoms with van der Waals surface area (Å²) in [4.78, 5) is 3.74. The lowest BCUT2D eigenvalue weighted by atomic mass is 10.5. The van der Waals surface area contributed by atoms with Gasteiger partial charge in [-0.05, 0) is 28.7 Å². The van der Waals surface area contributed by atoms with E-state index in [-0.39, 0.29) is 5.88 Å². The summed E-state index contributed by atoms with van der Waals surface area (Å²) in [6.07, 6.45) is 1.50. The lowest BCUT2D eigenvalue weighted by Gasteiger charge is -1.95. The number of aromatic nitrogens is 1. The first kappa shape index (κ1) is 3.75. The molecule has 0 aliphatic carbocycles. The van der Waals surface area contributed by atoms with Gasteiger partial charge < -0.3 is 4.74 Å². The van der Waals surface area contributed by atoms with Crippen LogP contribution in [0, 0.1) is 3.57 Å². The number of rotatable bonds is 1. The van der Waals surface area contributed by atoms with E-state index in [1.807, 2.05) is 0 Å². The van der Waals surface area contributed by atoms with E-state index in [1.165, 1.54) is 6.20 Å². The molecule has 0 bridgehead atoms. The molecule has 1 rings (SSSR count). The Morgan fingerprint density at radius 2 is 2.78 bits per heavy atom. The molecule has 0 saturated carbocycles. The maximum absolute atomic E-state index is 6.81. The van der Waals surface area contributed by atoms with Crippen LogP contribution in [-0.2, 0) is 0 Å². The van der Waals surface area contributed by atoms with E-state index in [4.69, 9.17) is 4.11 Å². The molecular formula is C6H6INO. The standard InChI is InChI=1S/C6H6INO/c1-9-6-4-5(7)2-3-8-6/h2-4H,1H3/i1D3. The van der Waals surface area contributed by atoms with Crippen molar-refractivity contribution in [3.05, 3.63) is 21.9 Å². The Balaban J connectivity index is 2.77. The zero-order valence-corrected chi connectivity index (χ0v) is 6.62. The molecule has 0 saturated heterocycles. The van der Waals surface area contributed by atoms with Gasteiger partial charge in [0.05, 0.1) is 11.2 Å². The highest BCUT2D eigenvalue weighted by molar-refractivity contribution is 14.1. The van der Waals surface area contributed by atoms with E-state index < -0.39 is 7.04 Å². The lowest BCUT2D eigenvalue weighted by Crippen LogP contribution is -1.85. The van der Waals surface area contributed by atoms with Crippen LogP contribution < -0.4 is 4.74 Å². The monoisotopic (exact) mass is 238 g/mol. The summed E-state index contributed by atoms with van der Waals surface area (Å²) in [5.41, 5.74) is 0. The van der Waals surface area contributed by atoms with Gasteiger partial charge in [0.15, 0.2) is 0 Å². The molecule has 1 heterocycles. The number of halogens is 1. The Morgan fingerprint density at radius 3 is 3.44 bits per heavy atom. The fraction of sp³-hybridized carbons (Fsp3) is 0.167. The zero-order chi connectivity index (χ0) is 9.19. The SMILES string of the molecule is [2H]C([2H])([2H])Oc1cc(I)ccn1. The first-order valence-electron chi connectivity index (χ1n) is 3.78. The first-order chi connectivity index (χ1) is 5.47. The van der Waals surface area contributed by atoms with Crippen molar-refractivity contribution in [2.75, 3.05) is 7.04 Å². The molecule has 0 aliphatic rings. The highest BCUT2D eigenvalue weighted by Crippen LogP contribution is 2.09. The first-order valence-corrected chi connectivity index (χ1v) is 3.36. The van der Waals surface area contributed by atoms with Gasteiger partial charge in [-0.3, -0.25) is 0 Å². The Labute approximate surface area is 71.6 Å². The highest BCUT2D eigenvalue weighted by Gasteiger charge is 1.89. The minimum atomic E-state index is -2.42. The number of hydrogen-bond donors (Lipinski definition) is 0. The van der Waals surface area contributed by atoms with Gasteiger partial charge in [-0.15, -0.1) is 0 Å². The lowest BCUT2D eigenvalue weighted by molar-refractivity contribution is 0.397. The Bertz CT molecular complexity index is 276. The third-order valence-electron chi connectivity index (χ3n) is 0.801. The largest absolute Gasteiger partial charge is 0.481 e. The number of methoxy groups -OCH3 is 1. The fourth-order valence-electron chi connectivity index (χ4n) is 0.441. The number of pyridine rings is 1. The highest BCUT2D eigenvalue weighted by atomic mass is 127. The predicted molar refractivity (Wildman–Crippen MR) is 43.5 cm³/mol. The second-order valence-corrected chi connectivity index (χ2v) is 2.66. The molecular weight excluding hydrogens is 229 g/mol. The minimum absolute atomic E-state index is 0.127. The van der Waals surface area contributed by atoms with E-state index in [0.29, 0.717) is 0 Å². The van der Waals surface area contributed by atoms with Gasteiger partial charge in [0, 0.05) is 15.8 Å². The van der Waals surface area contributed by atoms with E-state index in [1.54, 1.807) is 12.1 Å². The van der Waals surface area contributed by atoms with Crippen molar-refractivity contribution in [2.24, 2.45) is 0 Å². The van der Waals surface area contributed by atoms with Crippen LogP contribution >= 0.6 is 22.6 Å². The maximum Gasteiger partial charge on any atom is 0.213 e. The average molecular weight is 238 g/mol. The maximum atomic E-state index is 6.81. The quantitative estimate of drug-likeness (QED) is 0.694. The molecule has 0 N–H and O–H groups in total. The van der Waals surface area contributed by atoms with E-state index >= 15 is 0 Å². The van der Waals surface area contributed by atoms with Crippen molar-refractivity contribution in [2.45, 2.75) is 0 Å². The molecule has 3 heteroatoms. The Hall–Kier alpha value is -0.320. The zero-order valence-electron chi connectivity index (χ0n) is 7.47. The summed E-state index contributed by atoms with van der Waals surface area (Å²) in [6.45, 7) is 0. The van der Waals surface area contributed by atoms with Crippen molar-refractivity contribution in [1.82, 2.24) is 4.98 Å². The number of nitrogens with zero attached hydrogens (tertiary/aromatic N) is 1. The molecule has 0 spiro atoms. The topological polar surface area (TPSA) is 22.1 Å². The fourth-order valence-corrected chi connectivity index (χ4v) is 0.868. The van der Waals surface area contributed by atoms with Crippen LogP contribution in [0.25, 0.3) is 0 Å². The van der Waals surface area contributed by atoms with Crippen molar-refractivity contribution in [3.8, 4) is 5.88 Å². The van der Waals surface area contributed by atoms with Crippen LogP contribution in [0.4, 0.5) is 0 Å². The van der Waals surface area contributed by atoms with Gasteiger partial charge in [0.2, 0.25) is 5.88 Å². The van der Waals surface area contributed by atoms with Gasteiger partial charge >= 0.3 is 0 Å². The second-order valence-electron chi connectivity index (χ2n) is 1.41. The average Bonchev–Trinajstić information content (AvgIpc) is 1.82. The molecule has 0 unspecified atom stereocenters. The van der Waals surface area contributed by atoms with Crippen molar-refractivity contribution in [3.63, 3.8) is 0 Å². The normalized spacial score (nSPS) is 15.4. The summed E-state index contributed by atoms with van der Waals surface area (Å²) >= 11 is 2.05. The molecule has 2 nitrogen and oxygen atoms in total. The van der Waals surface area contributed by atoms with Gasteiger partial charge in [0.1, 0.15) is 0 Å². The molecule has 0 aromatic carbocycles. The number of ether oxygens (including phenoxy) is 1. The smallest absolute Gasteiger partial charge is 0.213 e. The van der Waals surface area contributed by atoms with Crippen LogP contribution in [0.15, 0.2) is 18.3 Å². The molecule has 1 aromatic heterocycles. The van der Waals surface area contributed by atoms with E-state index in [9.17, 15) is 0 Å². The summed E-state index contributed by atoms with van der Waals surface area (Å²) in [6, 6.07) is 3.32. The molecule has 9 heavy (non-hydrogen) atoms. The third kappa shape index (κ3) is 1.82. The summed E-state index contributed by atoms with van der Waals surface area (Å²) in [5.74, 6) is 0.127.